The first-order valence-electron chi connectivity index (χ1n) is 4.80. The minimum absolute atomic E-state index is 0.180. The van der Waals surface area contributed by atoms with Crippen LogP contribution in [0.15, 0.2) is 17.5 Å². The van der Waals surface area contributed by atoms with Gasteiger partial charge in [0.1, 0.15) is 0 Å². The van der Waals surface area contributed by atoms with Gasteiger partial charge in [-0.3, -0.25) is 0 Å². The van der Waals surface area contributed by atoms with Gasteiger partial charge < -0.3 is 14.6 Å². The third-order valence-corrected chi connectivity index (χ3v) is 3.31. The lowest BCUT2D eigenvalue weighted by Gasteiger charge is -2.25. The Kier molecular flexibility index (Phi) is 3.18. The van der Waals surface area contributed by atoms with E-state index in [0.29, 0.717) is 19.6 Å². The van der Waals surface area contributed by atoms with Gasteiger partial charge in [-0.25, -0.2) is 0 Å². The molecule has 2 heterocycles. The van der Waals surface area contributed by atoms with Crippen molar-refractivity contribution in [3.05, 3.63) is 22.4 Å². The smallest absolute Gasteiger partial charge is 0.204 e. The Balaban J connectivity index is 2.14. The zero-order valence-electron chi connectivity index (χ0n) is 7.94. The lowest BCUT2D eigenvalue weighted by Crippen LogP contribution is -2.26. The number of thiophene rings is 1. The van der Waals surface area contributed by atoms with Crippen molar-refractivity contribution >= 4 is 11.3 Å². The van der Waals surface area contributed by atoms with Crippen LogP contribution in [0, 0.1) is 0 Å². The van der Waals surface area contributed by atoms with Crippen LogP contribution in [0.25, 0.3) is 0 Å². The Bertz CT molecular complexity index is 265. The van der Waals surface area contributed by atoms with E-state index in [9.17, 15) is 0 Å². The highest BCUT2D eigenvalue weighted by Crippen LogP contribution is 2.38. The Hall–Kier alpha value is -0.420. The number of hydrogen-bond acceptors (Lipinski definition) is 4. The fourth-order valence-electron chi connectivity index (χ4n) is 1.67. The van der Waals surface area contributed by atoms with Crippen LogP contribution in [0.5, 0.6) is 0 Å². The molecule has 0 bridgehead atoms. The van der Waals surface area contributed by atoms with Crippen molar-refractivity contribution in [3.8, 4) is 0 Å². The molecule has 14 heavy (non-hydrogen) atoms. The van der Waals surface area contributed by atoms with Crippen molar-refractivity contribution < 1.29 is 14.6 Å². The van der Waals surface area contributed by atoms with Gasteiger partial charge in [-0.1, -0.05) is 6.07 Å². The van der Waals surface area contributed by atoms with Crippen LogP contribution in [0.3, 0.4) is 0 Å². The summed E-state index contributed by atoms with van der Waals surface area (Å²) in [6.07, 6.45) is 1.43. The number of rotatable bonds is 4. The zero-order valence-corrected chi connectivity index (χ0v) is 8.76. The lowest BCUT2D eigenvalue weighted by atomic mass is 10.1. The van der Waals surface area contributed by atoms with Crippen LogP contribution in [-0.4, -0.2) is 24.9 Å². The molecule has 78 valence electrons. The van der Waals surface area contributed by atoms with Crippen molar-refractivity contribution in [2.24, 2.45) is 0 Å². The van der Waals surface area contributed by atoms with Crippen LogP contribution >= 0.6 is 11.3 Å². The van der Waals surface area contributed by atoms with E-state index in [1.54, 1.807) is 11.3 Å². The molecular weight excluding hydrogens is 200 g/mol. The molecule has 1 aliphatic heterocycles. The van der Waals surface area contributed by atoms with Crippen LogP contribution in [0.1, 0.15) is 17.7 Å². The van der Waals surface area contributed by atoms with Crippen molar-refractivity contribution in [2.45, 2.75) is 18.6 Å². The molecule has 0 aliphatic carbocycles. The molecule has 1 aromatic rings. The van der Waals surface area contributed by atoms with E-state index >= 15 is 0 Å². The van der Waals surface area contributed by atoms with Crippen molar-refractivity contribution in [1.29, 1.82) is 0 Å². The summed E-state index contributed by atoms with van der Waals surface area (Å²) in [6, 6.07) is 4.01. The summed E-state index contributed by atoms with van der Waals surface area (Å²) in [7, 11) is 0. The quantitative estimate of drug-likeness (QED) is 0.829. The number of aliphatic hydroxyl groups excluding tert-OH is 1. The molecule has 4 heteroatoms. The van der Waals surface area contributed by atoms with E-state index in [1.165, 1.54) is 0 Å². The standard InChI is InChI=1S/C10H14O3S/c11-5-2-4-10(12-6-7-13-10)9-3-1-8-14-9/h1,3,8,11H,2,4-7H2. The topological polar surface area (TPSA) is 38.7 Å². The van der Waals surface area contributed by atoms with Crippen LogP contribution in [0.4, 0.5) is 0 Å². The molecule has 1 saturated heterocycles. The summed E-state index contributed by atoms with van der Waals surface area (Å²) in [5, 5.41) is 10.8. The minimum Gasteiger partial charge on any atom is -0.396 e. The summed E-state index contributed by atoms with van der Waals surface area (Å²) in [5.41, 5.74) is 0. The summed E-state index contributed by atoms with van der Waals surface area (Å²) in [4.78, 5) is 1.10. The second kappa shape index (κ2) is 4.40. The van der Waals surface area contributed by atoms with E-state index in [-0.39, 0.29) is 6.61 Å². The minimum atomic E-state index is -0.573. The Morgan fingerprint density at radius 1 is 1.43 bits per heavy atom. The average Bonchev–Trinajstić information content (AvgIpc) is 2.86. The van der Waals surface area contributed by atoms with Gasteiger partial charge in [-0.15, -0.1) is 11.3 Å². The maximum atomic E-state index is 8.83. The van der Waals surface area contributed by atoms with Gasteiger partial charge >= 0.3 is 0 Å². The Labute approximate surface area is 87.3 Å². The molecule has 0 aromatic carbocycles. The second-order valence-electron chi connectivity index (χ2n) is 3.25. The zero-order chi connectivity index (χ0) is 9.86. The molecule has 1 fully saturated rings. The van der Waals surface area contributed by atoms with Crippen molar-refractivity contribution in [2.75, 3.05) is 19.8 Å². The van der Waals surface area contributed by atoms with Crippen LogP contribution in [-0.2, 0) is 15.3 Å². The predicted octanol–water partition coefficient (Wildman–Crippen LogP) is 1.72. The normalized spacial score (nSPS) is 20.1. The van der Waals surface area contributed by atoms with Gasteiger partial charge in [-0.05, 0) is 17.9 Å². The highest BCUT2D eigenvalue weighted by Gasteiger charge is 2.38. The lowest BCUT2D eigenvalue weighted by molar-refractivity contribution is -0.170. The molecule has 1 N–H and O–H groups in total. The Morgan fingerprint density at radius 2 is 2.21 bits per heavy atom. The molecule has 0 saturated carbocycles. The molecule has 0 amide bonds. The largest absolute Gasteiger partial charge is 0.396 e. The molecule has 3 nitrogen and oxygen atoms in total. The van der Waals surface area contributed by atoms with E-state index in [2.05, 4.69) is 0 Å². The first-order valence-corrected chi connectivity index (χ1v) is 5.68. The molecule has 2 rings (SSSR count). The molecule has 1 aromatic heterocycles. The van der Waals surface area contributed by atoms with Crippen LogP contribution < -0.4 is 0 Å². The highest BCUT2D eigenvalue weighted by atomic mass is 32.1. The van der Waals surface area contributed by atoms with Gasteiger partial charge in [0.25, 0.3) is 0 Å². The maximum absolute atomic E-state index is 8.83. The number of ether oxygens (including phenoxy) is 2. The summed E-state index contributed by atoms with van der Waals surface area (Å²) < 4.78 is 11.3. The van der Waals surface area contributed by atoms with Gasteiger partial charge in [0.15, 0.2) is 0 Å². The van der Waals surface area contributed by atoms with E-state index < -0.39 is 5.79 Å². The fourth-order valence-corrected chi connectivity index (χ4v) is 2.53. The van der Waals surface area contributed by atoms with Crippen molar-refractivity contribution in [3.63, 3.8) is 0 Å². The molecule has 0 atom stereocenters. The maximum Gasteiger partial charge on any atom is 0.204 e. The molecule has 0 spiro atoms. The van der Waals surface area contributed by atoms with E-state index in [1.807, 2.05) is 17.5 Å². The average molecular weight is 214 g/mol. The number of aliphatic hydroxyl groups is 1. The summed E-state index contributed by atoms with van der Waals surface area (Å²) in [5.74, 6) is -0.573. The van der Waals surface area contributed by atoms with Crippen LogP contribution in [0.2, 0.25) is 0 Å². The van der Waals surface area contributed by atoms with Gasteiger partial charge in [0.05, 0.1) is 18.1 Å². The predicted molar refractivity (Wildman–Crippen MR) is 54.2 cm³/mol. The van der Waals surface area contributed by atoms with E-state index in [4.69, 9.17) is 14.6 Å². The third-order valence-electron chi connectivity index (χ3n) is 2.31. The monoisotopic (exact) mass is 214 g/mol. The molecule has 0 unspecified atom stereocenters. The first kappa shape index (κ1) is 10.1. The van der Waals surface area contributed by atoms with Gasteiger partial charge in [0, 0.05) is 13.0 Å². The summed E-state index contributed by atoms with van der Waals surface area (Å²) in [6.45, 7) is 1.46. The molecular formula is C10H14O3S. The highest BCUT2D eigenvalue weighted by molar-refractivity contribution is 7.10. The SMILES string of the molecule is OCCCC1(c2cccs2)OCCO1. The second-order valence-corrected chi connectivity index (χ2v) is 4.20. The third kappa shape index (κ3) is 1.83. The van der Waals surface area contributed by atoms with Gasteiger partial charge in [0.2, 0.25) is 5.79 Å². The first-order chi connectivity index (χ1) is 6.87. The fraction of sp³-hybridized carbons (Fsp3) is 0.600. The van der Waals surface area contributed by atoms with Crippen molar-refractivity contribution in [1.82, 2.24) is 0 Å². The van der Waals surface area contributed by atoms with E-state index in [0.717, 1.165) is 11.3 Å². The molecule has 1 aliphatic rings. The number of hydrogen-bond donors (Lipinski definition) is 1. The summed E-state index contributed by atoms with van der Waals surface area (Å²) >= 11 is 1.64. The molecule has 0 radical (unpaired) electrons. The van der Waals surface area contributed by atoms with Gasteiger partial charge in [-0.2, -0.15) is 0 Å². The Morgan fingerprint density at radius 3 is 2.79 bits per heavy atom.